The van der Waals surface area contributed by atoms with E-state index in [1.165, 1.54) is 13.2 Å². The molecule has 0 saturated carbocycles. The number of halogens is 1. The lowest BCUT2D eigenvalue weighted by Crippen LogP contribution is -2.41. The molecule has 0 radical (unpaired) electrons. The molecule has 6 nitrogen and oxygen atoms in total. The molecule has 2 aromatic rings. The van der Waals surface area contributed by atoms with Crippen LogP contribution in [-0.2, 0) is 10.0 Å². The second kappa shape index (κ2) is 7.33. The van der Waals surface area contributed by atoms with Gasteiger partial charge in [0.2, 0.25) is 10.0 Å². The van der Waals surface area contributed by atoms with E-state index in [0.717, 1.165) is 5.56 Å². The molecule has 0 saturated heterocycles. The topological polar surface area (TPSA) is 73.9 Å². The lowest BCUT2D eigenvalue weighted by atomic mass is 9.90. The van der Waals surface area contributed by atoms with Gasteiger partial charge in [-0.3, -0.25) is 0 Å². The van der Waals surface area contributed by atoms with E-state index in [0.29, 0.717) is 22.4 Å². The summed E-state index contributed by atoms with van der Waals surface area (Å²) in [5.41, 5.74) is 0.224. The quantitative estimate of drug-likeness (QED) is 0.735. The average molecular weight is 456 g/mol. The van der Waals surface area contributed by atoms with Gasteiger partial charge in [0.1, 0.15) is 27.7 Å². The van der Waals surface area contributed by atoms with Crippen molar-refractivity contribution >= 4 is 26.0 Å². The van der Waals surface area contributed by atoms with Crippen molar-refractivity contribution in [3.05, 3.63) is 46.4 Å². The van der Waals surface area contributed by atoms with Gasteiger partial charge in [-0.15, -0.1) is 0 Å². The van der Waals surface area contributed by atoms with Crippen molar-refractivity contribution < 1.29 is 22.6 Å². The average Bonchev–Trinajstić information content (AvgIpc) is 2.60. The molecular formula is C19H22BrNO5S. The largest absolute Gasteiger partial charge is 0.497 e. The number of benzene rings is 2. The maximum atomic E-state index is 13.1. The van der Waals surface area contributed by atoms with Gasteiger partial charge >= 0.3 is 0 Å². The second-order valence-electron chi connectivity index (χ2n) is 6.94. The highest BCUT2D eigenvalue weighted by Crippen LogP contribution is 2.42. The zero-order valence-corrected chi connectivity index (χ0v) is 18.0. The number of hydrogen-bond acceptors (Lipinski definition) is 5. The summed E-state index contributed by atoms with van der Waals surface area (Å²) in [4.78, 5) is 0.0770. The fourth-order valence-electron chi connectivity index (χ4n) is 3.18. The Morgan fingerprint density at radius 3 is 2.56 bits per heavy atom. The summed E-state index contributed by atoms with van der Waals surface area (Å²) < 4.78 is 46.2. The molecule has 1 unspecified atom stereocenters. The zero-order valence-electron chi connectivity index (χ0n) is 15.6. The van der Waals surface area contributed by atoms with Gasteiger partial charge in [-0.05, 0) is 50.2 Å². The molecule has 3 rings (SSSR count). The molecule has 1 atom stereocenters. The third-order valence-electron chi connectivity index (χ3n) is 4.39. The molecule has 27 heavy (non-hydrogen) atoms. The Labute approximate surface area is 168 Å². The molecule has 0 bridgehead atoms. The van der Waals surface area contributed by atoms with E-state index >= 15 is 0 Å². The number of nitrogens with one attached hydrogen (secondary N) is 1. The molecule has 0 aromatic heterocycles. The first-order chi connectivity index (χ1) is 12.6. The third-order valence-corrected chi connectivity index (χ3v) is 6.37. The zero-order chi connectivity index (χ0) is 19.8. The van der Waals surface area contributed by atoms with Crippen LogP contribution in [0, 0.1) is 0 Å². The van der Waals surface area contributed by atoms with Crippen molar-refractivity contribution in [3.8, 4) is 17.2 Å². The van der Waals surface area contributed by atoms with Gasteiger partial charge in [0.05, 0.1) is 20.3 Å². The second-order valence-corrected chi connectivity index (χ2v) is 9.54. The minimum Gasteiger partial charge on any atom is -0.497 e. The van der Waals surface area contributed by atoms with Crippen molar-refractivity contribution in [1.82, 2.24) is 4.72 Å². The number of fused-ring (bicyclic) bond motifs is 1. The lowest BCUT2D eigenvalue weighted by Gasteiger charge is -2.38. The first-order valence-corrected chi connectivity index (χ1v) is 10.7. The molecule has 0 spiro atoms. The first-order valence-electron chi connectivity index (χ1n) is 8.38. The highest BCUT2D eigenvalue weighted by atomic mass is 79.9. The highest BCUT2D eigenvalue weighted by molar-refractivity contribution is 9.10. The smallest absolute Gasteiger partial charge is 0.244 e. The van der Waals surface area contributed by atoms with Crippen molar-refractivity contribution in [2.45, 2.75) is 36.8 Å². The Hall–Kier alpha value is -1.77. The molecule has 2 aromatic carbocycles. The summed E-state index contributed by atoms with van der Waals surface area (Å²) in [6, 6.07) is 9.80. The van der Waals surface area contributed by atoms with Crippen LogP contribution in [0.15, 0.2) is 45.8 Å². The van der Waals surface area contributed by atoms with Crippen molar-refractivity contribution in [3.63, 3.8) is 0 Å². The predicted octanol–water partition coefficient (Wildman–Crippen LogP) is 4.05. The normalized spacial score (nSPS) is 18.3. The van der Waals surface area contributed by atoms with Crippen molar-refractivity contribution in [2.24, 2.45) is 0 Å². The molecular weight excluding hydrogens is 434 g/mol. The van der Waals surface area contributed by atoms with E-state index in [2.05, 4.69) is 20.7 Å². The summed E-state index contributed by atoms with van der Waals surface area (Å²) in [6.45, 7) is 3.86. The van der Waals surface area contributed by atoms with Gasteiger partial charge in [-0.25, -0.2) is 13.1 Å². The van der Waals surface area contributed by atoms with E-state index < -0.39 is 21.7 Å². The Kier molecular flexibility index (Phi) is 5.42. The Morgan fingerprint density at radius 2 is 1.89 bits per heavy atom. The van der Waals surface area contributed by atoms with Crippen LogP contribution in [-0.4, -0.2) is 28.2 Å². The summed E-state index contributed by atoms with van der Waals surface area (Å²) in [7, 11) is -0.824. The van der Waals surface area contributed by atoms with E-state index in [9.17, 15) is 8.42 Å². The van der Waals surface area contributed by atoms with Crippen LogP contribution in [0.5, 0.6) is 17.2 Å². The molecule has 1 aliphatic rings. The summed E-state index contributed by atoms with van der Waals surface area (Å²) in [6.07, 6.45) is 0.475. The Bertz CT molecular complexity index is 959. The maximum Gasteiger partial charge on any atom is 0.244 e. The van der Waals surface area contributed by atoms with Crippen LogP contribution >= 0.6 is 15.9 Å². The number of rotatable bonds is 5. The molecule has 0 amide bonds. The Balaban J connectivity index is 2.03. The summed E-state index contributed by atoms with van der Waals surface area (Å²) >= 11 is 3.32. The van der Waals surface area contributed by atoms with Gasteiger partial charge < -0.3 is 14.2 Å². The number of hydrogen-bond donors (Lipinski definition) is 1. The van der Waals surface area contributed by atoms with Gasteiger partial charge in [0.25, 0.3) is 0 Å². The standard InChI is InChI=1S/C19H22BrNO5S/c1-19(2)11-15(14-10-13(24-3)6-8-16(14)26-19)21-27(22,23)18-9-12(20)5-7-17(18)25-4/h5-10,15,21H,11H2,1-4H3. The minimum absolute atomic E-state index is 0.0770. The maximum absolute atomic E-state index is 13.1. The van der Waals surface area contributed by atoms with Crippen molar-refractivity contribution in [2.75, 3.05) is 14.2 Å². The van der Waals surface area contributed by atoms with E-state index in [-0.39, 0.29) is 10.6 Å². The molecule has 1 heterocycles. The highest BCUT2D eigenvalue weighted by Gasteiger charge is 2.37. The number of sulfonamides is 1. The summed E-state index contributed by atoms with van der Waals surface area (Å²) in [5.74, 6) is 1.56. The van der Waals surface area contributed by atoms with E-state index in [4.69, 9.17) is 14.2 Å². The molecule has 1 aliphatic heterocycles. The van der Waals surface area contributed by atoms with Crippen LogP contribution in [0.25, 0.3) is 0 Å². The molecule has 0 aliphatic carbocycles. The van der Waals surface area contributed by atoms with E-state index in [1.54, 1.807) is 37.4 Å². The molecule has 8 heteroatoms. The van der Waals surface area contributed by atoms with Gasteiger partial charge in [0, 0.05) is 16.5 Å². The fraction of sp³-hybridized carbons (Fsp3) is 0.368. The van der Waals surface area contributed by atoms with Gasteiger partial charge in [0.15, 0.2) is 0 Å². The van der Waals surface area contributed by atoms with Crippen LogP contribution in [0.2, 0.25) is 0 Å². The van der Waals surface area contributed by atoms with Crippen LogP contribution < -0.4 is 18.9 Å². The number of methoxy groups -OCH3 is 2. The van der Waals surface area contributed by atoms with Gasteiger partial charge in [-0.1, -0.05) is 15.9 Å². The van der Waals surface area contributed by atoms with Crippen molar-refractivity contribution in [1.29, 1.82) is 0 Å². The molecule has 146 valence electrons. The molecule has 0 fully saturated rings. The minimum atomic E-state index is -3.84. The first kappa shape index (κ1) is 20.0. The van der Waals surface area contributed by atoms with Crippen LogP contribution in [0.4, 0.5) is 0 Å². The van der Waals surface area contributed by atoms with Gasteiger partial charge in [-0.2, -0.15) is 0 Å². The monoisotopic (exact) mass is 455 g/mol. The predicted molar refractivity (Wildman–Crippen MR) is 106 cm³/mol. The third kappa shape index (κ3) is 4.23. The summed E-state index contributed by atoms with van der Waals surface area (Å²) in [5, 5.41) is 0. The number of ether oxygens (including phenoxy) is 3. The Morgan fingerprint density at radius 1 is 1.15 bits per heavy atom. The van der Waals surface area contributed by atoms with E-state index in [1.807, 2.05) is 13.8 Å². The van der Waals surface area contributed by atoms with Crippen LogP contribution in [0.1, 0.15) is 31.9 Å². The lowest BCUT2D eigenvalue weighted by molar-refractivity contribution is 0.0700. The van der Waals surface area contributed by atoms with Crippen LogP contribution in [0.3, 0.4) is 0 Å². The molecule has 1 N–H and O–H groups in total. The SMILES string of the molecule is COc1ccc2c(c1)C(NS(=O)(=O)c1cc(Br)ccc1OC)CC(C)(C)O2. The fourth-order valence-corrected chi connectivity index (χ4v) is 5.10.